The third-order valence-electron chi connectivity index (χ3n) is 3.18. The van der Waals surface area contributed by atoms with Crippen LogP contribution in [0.1, 0.15) is 16.7 Å². The Bertz CT molecular complexity index is 705. The molecule has 0 amide bonds. The lowest BCUT2D eigenvalue weighted by Gasteiger charge is -2.05. The monoisotopic (exact) mass is 253 g/mol. The SMILES string of the molecule is Cc1cc(C)cc(-c2nccc3c(C)csc23)c1. The fourth-order valence-electron chi connectivity index (χ4n) is 2.41. The Balaban J connectivity index is 2.31. The van der Waals surface area contributed by atoms with Gasteiger partial charge in [-0.05, 0) is 55.3 Å². The lowest BCUT2D eigenvalue weighted by atomic mass is 10.0. The van der Waals surface area contributed by atoms with Crippen molar-refractivity contribution in [2.45, 2.75) is 20.8 Å². The number of nitrogens with zero attached hydrogens (tertiary/aromatic N) is 1. The lowest BCUT2D eigenvalue weighted by Crippen LogP contribution is -1.86. The topological polar surface area (TPSA) is 12.9 Å². The van der Waals surface area contributed by atoms with Gasteiger partial charge < -0.3 is 0 Å². The molecule has 1 aromatic carbocycles. The van der Waals surface area contributed by atoms with Gasteiger partial charge in [0, 0.05) is 11.8 Å². The highest BCUT2D eigenvalue weighted by Gasteiger charge is 2.09. The molecule has 0 aliphatic carbocycles. The van der Waals surface area contributed by atoms with Gasteiger partial charge in [0.2, 0.25) is 0 Å². The predicted octanol–water partition coefficient (Wildman–Crippen LogP) is 4.89. The van der Waals surface area contributed by atoms with E-state index in [0.29, 0.717) is 0 Å². The molecule has 2 aromatic heterocycles. The van der Waals surface area contributed by atoms with Crippen molar-refractivity contribution in [3.8, 4) is 11.3 Å². The van der Waals surface area contributed by atoms with Crippen molar-refractivity contribution in [1.82, 2.24) is 4.98 Å². The zero-order valence-electron chi connectivity index (χ0n) is 10.8. The summed E-state index contributed by atoms with van der Waals surface area (Å²) in [5.41, 5.74) is 6.24. The minimum Gasteiger partial charge on any atom is -0.255 e. The van der Waals surface area contributed by atoms with Gasteiger partial charge in [-0.15, -0.1) is 11.3 Å². The molecule has 0 atom stereocenters. The van der Waals surface area contributed by atoms with E-state index in [9.17, 15) is 0 Å². The Kier molecular flexibility index (Phi) is 2.67. The first kappa shape index (κ1) is 11.4. The molecule has 0 fully saturated rings. The molecule has 0 spiro atoms. The fraction of sp³-hybridized carbons (Fsp3) is 0.188. The summed E-state index contributed by atoms with van der Waals surface area (Å²) in [6, 6.07) is 8.73. The van der Waals surface area contributed by atoms with Crippen LogP contribution in [0.5, 0.6) is 0 Å². The molecule has 0 aliphatic rings. The van der Waals surface area contributed by atoms with Crippen molar-refractivity contribution in [1.29, 1.82) is 0 Å². The molecular weight excluding hydrogens is 238 g/mol. The van der Waals surface area contributed by atoms with E-state index in [0.717, 1.165) is 5.69 Å². The van der Waals surface area contributed by atoms with Crippen LogP contribution < -0.4 is 0 Å². The van der Waals surface area contributed by atoms with E-state index in [4.69, 9.17) is 0 Å². The van der Waals surface area contributed by atoms with Crippen LogP contribution in [0.4, 0.5) is 0 Å². The van der Waals surface area contributed by atoms with E-state index in [2.05, 4.69) is 55.4 Å². The Morgan fingerprint density at radius 2 is 1.72 bits per heavy atom. The third kappa shape index (κ3) is 1.83. The van der Waals surface area contributed by atoms with Gasteiger partial charge in [-0.2, -0.15) is 0 Å². The van der Waals surface area contributed by atoms with Crippen LogP contribution in [-0.4, -0.2) is 4.98 Å². The Hall–Kier alpha value is -1.67. The summed E-state index contributed by atoms with van der Waals surface area (Å²) in [7, 11) is 0. The van der Waals surface area contributed by atoms with Crippen LogP contribution >= 0.6 is 11.3 Å². The second kappa shape index (κ2) is 4.21. The maximum absolute atomic E-state index is 4.58. The average Bonchev–Trinajstić information content (AvgIpc) is 2.70. The molecule has 0 saturated carbocycles. The van der Waals surface area contributed by atoms with Crippen molar-refractivity contribution >= 4 is 21.4 Å². The van der Waals surface area contributed by atoms with Crippen molar-refractivity contribution in [3.63, 3.8) is 0 Å². The maximum Gasteiger partial charge on any atom is 0.0880 e. The lowest BCUT2D eigenvalue weighted by molar-refractivity contribution is 1.33. The first-order valence-corrected chi connectivity index (χ1v) is 6.94. The van der Waals surface area contributed by atoms with Gasteiger partial charge in [0.05, 0.1) is 10.4 Å². The van der Waals surface area contributed by atoms with Gasteiger partial charge >= 0.3 is 0 Å². The molecular formula is C16H15NS. The molecule has 1 nitrogen and oxygen atoms in total. The highest BCUT2D eigenvalue weighted by atomic mass is 32.1. The quantitative estimate of drug-likeness (QED) is 0.601. The van der Waals surface area contributed by atoms with E-state index >= 15 is 0 Å². The largest absolute Gasteiger partial charge is 0.255 e. The van der Waals surface area contributed by atoms with Crippen LogP contribution in [0.25, 0.3) is 21.3 Å². The van der Waals surface area contributed by atoms with Crippen molar-refractivity contribution in [2.24, 2.45) is 0 Å². The summed E-state index contributed by atoms with van der Waals surface area (Å²) in [5, 5.41) is 3.53. The molecule has 2 heterocycles. The number of hydrogen-bond donors (Lipinski definition) is 0. The standard InChI is InChI=1S/C16H15NS/c1-10-6-11(2)8-13(7-10)15-16-14(4-5-17-15)12(3)9-18-16/h4-9H,1-3H3. The highest BCUT2D eigenvalue weighted by molar-refractivity contribution is 7.18. The first-order valence-electron chi connectivity index (χ1n) is 6.06. The second-order valence-electron chi connectivity index (χ2n) is 4.83. The first-order chi connectivity index (χ1) is 8.65. The van der Waals surface area contributed by atoms with Gasteiger partial charge in [-0.1, -0.05) is 17.2 Å². The Morgan fingerprint density at radius 1 is 1.00 bits per heavy atom. The average molecular weight is 253 g/mol. The minimum atomic E-state index is 1.11. The number of thiophene rings is 1. The number of pyridine rings is 1. The zero-order chi connectivity index (χ0) is 12.7. The van der Waals surface area contributed by atoms with Crippen LogP contribution in [0.2, 0.25) is 0 Å². The van der Waals surface area contributed by atoms with Crippen LogP contribution in [0.3, 0.4) is 0 Å². The van der Waals surface area contributed by atoms with Crippen molar-refractivity contribution < 1.29 is 0 Å². The van der Waals surface area contributed by atoms with Crippen molar-refractivity contribution in [3.05, 3.63) is 52.5 Å². The second-order valence-corrected chi connectivity index (χ2v) is 5.71. The molecule has 0 unspecified atom stereocenters. The molecule has 0 aliphatic heterocycles. The van der Waals surface area contributed by atoms with Crippen LogP contribution in [0, 0.1) is 20.8 Å². The number of fused-ring (bicyclic) bond motifs is 1. The van der Waals surface area contributed by atoms with E-state index in [1.165, 1.54) is 32.3 Å². The maximum atomic E-state index is 4.58. The Labute approximate surface area is 111 Å². The summed E-state index contributed by atoms with van der Waals surface area (Å²) in [4.78, 5) is 4.58. The van der Waals surface area contributed by atoms with Crippen LogP contribution in [0.15, 0.2) is 35.8 Å². The summed E-state index contributed by atoms with van der Waals surface area (Å²) < 4.78 is 1.29. The summed E-state index contributed by atoms with van der Waals surface area (Å²) in [6.45, 7) is 6.43. The smallest absolute Gasteiger partial charge is 0.0880 e. The summed E-state index contributed by atoms with van der Waals surface area (Å²) in [6.07, 6.45) is 1.91. The highest BCUT2D eigenvalue weighted by Crippen LogP contribution is 2.33. The molecule has 3 rings (SSSR count). The van der Waals surface area contributed by atoms with Crippen molar-refractivity contribution in [2.75, 3.05) is 0 Å². The normalized spacial score (nSPS) is 11.1. The predicted molar refractivity (Wildman–Crippen MR) is 79.3 cm³/mol. The number of rotatable bonds is 1. The van der Waals surface area contributed by atoms with Gasteiger partial charge in [-0.25, -0.2) is 0 Å². The molecule has 0 radical (unpaired) electrons. The molecule has 3 aromatic rings. The summed E-state index contributed by atoms with van der Waals surface area (Å²) >= 11 is 1.78. The number of aromatic nitrogens is 1. The molecule has 0 bridgehead atoms. The van der Waals surface area contributed by atoms with Gasteiger partial charge in [-0.3, -0.25) is 4.98 Å². The fourth-order valence-corrected chi connectivity index (χ4v) is 3.47. The number of hydrogen-bond acceptors (Lipinski definition) is 2. The minimum absolute atomic E-state index is 1.11. The van der Waals surface area contributed by atoms with E-state index in [1.54, 1.807) is 11.3 Å². The molecule has 90 valence electrons. The summed E-state index contributed by atoms with van der Waals surface area (Å²) in [5.74, 6) is 0. The van der Waals surface area contributed by atoms with Gasteiger partial charge in [0.1, 0.15) is 0 Å². The number of benzene rings is 1. The van der Waals surface area contributed by atoms with E-state index in [1.807, 2.05) is 6.20 Å². The van der Waals surface area contributed by atoms with Gasteiger partial charge in [0.25, 0.3) is 0 Å². The molecule has 2 heteroatoms. The zero-order valence-corrected chi connectivity index (χ0v) is 11.6. The number of aryl methyl sites for hydroxylation is 3. The molecule has 0 saturated heterocycles. The third-order valence-corrected chi connectivity index (χ3v) is 4.30. The van der Waals surface area contributed by atoms with Crippen LogP contribution in [-0.2, 0) is 0 Å². The molecule has 18 heavy (non-hydrogen) atoms. The Morgan fingerprint density at radius 3 is 2.44 bits per heavy atom. The van der Waals surface area contributed by atoms with E-state index < -0.39 is 0 Å². The molecule has 0 N–H and O–H groups in total. The van der Waals surface area contributed by atoms with E-state index in [-0.39, 0.29) is 0 Å². The van der Waals surface area contributed by atoms with Gasteiger partial charge in [0.15, 0.2) is 0 Å².